The minimum Gasteiger partial charge on any atom is -0.384 e. The summed E-state index contributed by atoms with van der Waals surface area (Å²) >= 11 is 1.23. The zero-order valence-corrected chi connectivity index (χ0v) is 7.84. The third-order valence-corrected chi connectivity index (χ3v) is 2.28. The second kappa shape index (κ2) is 3.68. The van der Waals surface area contributed by atoms with E-state index in [1.54, 1.807) is 0 Å². The first kappa shape index (κ1) is 8.40. The number of hydrogen-bond donors (Lipinski definition) is 2. The number of nitrogens with two attached hydrogens (primary N) is 1. The first-order valence-electron chi connectivity index (χ1n) is 4.06. The summed E-state index contributed by atoms with van der Waals surface area (Å²) in [6.45, 7) is 1.41. The molecule has 0 aliphatic carbocycles. The molecule has 0 aliphatic rings. The molecule has 0 fully saturated rings. The van der Waals surface area contributed by atoms with Crippen molar-refractivity contribution in [2.24, 2.45) is 5.73 Å². The van der Waals surface area contributed by atoms with Gasteiger partial charge in [-0.25, -0.2) is 0 Å². The Morgan fingerprint density at radius 3 is 3.00 bits per heavy atom. The minimum absolute atomic E-state index is 0.632. The van der Waals surface area contributed by atoms with Gasteiger partial charge in [0.05, 0.1) is 11.7 Å². The summed E-state index contributed by atoms with van der Waals surface area (Å²) in [5.74, 6) is 0. The van der Waals surface area contributed by atoms with E-state index in [1.807, 2.05) is 18.2 Å². The van der Waals surface area contributed by atoms with E-state index < -0.39 is 0 Å². The fourth-order valence-electron chi connectivity index (χ4n) is 1.11. The monoisotopic (exact) mass is 194 g/mol. The molecule has 0 bridgehead atoms. The maximum Gasteiger partial charge on any atom is 0.106 e. The number of nitrogens with one attached hydrogen (secondary N) is 1. The molecule has 3 N–H and O–H groups in total. The number of rotatable bonds is 3. The molecule has 0 saturated heterocycles. The van der Waals surface area contributed by atoms with E-state index in [4.69, 9.17) is 5.73 Å². The van der Waals surface area contributed by atoms with Gasteiger partial charge in [-0.2, -0.15) is 8.75 Å². The Bertz CT molecular complexity index is 398. The highest BCUT2D eigenvalue weighted by atomic mass is 32.1. The summed E-state index contributed by atoms with van der Waals surface area (Å²) < 4.78 is 8.26. The van der Waals surface area contributed by atoms with E-state index in [-0.39, 0.29) is 0 Å². The van der Waals surface area contributed by atoms with Gasteiger partial charge in [0.2, 0.25) is 0 Å². The van der Waals surface area contributed by atoms with Crippen LogP contribution in [0.25, 0.3) is 11.0 Å². The molecule has 0 unspecified atom stereocenters. The number of hydrogen-bond acceptors (Lipinski definition) is 5. The van der Waals surface area contributed by atoms with Crippen molar-refractivity contribution in [3.05, 3.63) is 18.2 Å². The molecule has 2 rings (SSSR count). The molecule has 4 nitrogen and oxygen atoms in total. The first-order valence-corrected chi connectivity index (χ1v) is 4.79. The Morgan fingerprint density at radius 2 is 2.15 bits per heavy atom. The molecule has 0 radical (unpaired) electrons. The molecule has 0 saturated carbocycles. The molecule has 13 heavy (non-hydrogen) atoms. The normalized spacial score (nSPS) is 10.5. The third-order valence-electron chi connectivity index (χ3n) is 1.73. The van der Waals surface area contributed by atoms with Crippen LogP contribution in [0.5, 0.6) is 0 Å². The highest BCUT2D eigenvalue weighted by molar-refractivity contribution is 7.00. The first-order chi connectivity index (χ1) is 6.40. The molecule has 0 aliphatic heterocycles. The van der Waals surface area contributed by atoms with E-state index >= 15 is 0 Å². The van der Waals surface area contributed by atoms with Crippen molar-refractivity contribution >= 4 is 28.4 Å². The summed E-state index contributed by atoms with van der Waals surface area (Å²) in [7, 11) is 0. The SMILES string of the molecule is NCCNc1ccc2nsnc2c1. The largest absolute Gasteiger partial charge is 0.384 e. The number of anilines is 1. The molecule has 0 atom stereocenters. The van der Waals surface area contributed by atoms with Crippen LogP contribution in [0.4, 0.5) is 5.69 Å². The van der Waals surface area contributed by atoms with Crippen LogP contribution < -0.4 is 11.1 Å². The Labute approximate surface area is 80.1 Å². The van der Waals surface area contributed by atoms with Crippen LogP contribution >= 0.6 is 11.7 Å². The average molecular weight is 194 g/mol. The van der Waals surface area contributed by atoms with Crippen molar-refractivity contribution in [1.29, 1.82) is 0 Å². The number of nitrogens with zero attached hydrogens (tertiary/aromatic N) is 2. The van der Waals surface area contributed by atoms with Crippen LogP contribution in [0.15, 0.2) is 18.2 Å². The number of fused-ring (bicyclic) bond motifs is 1. The topological polar surface area (TPSA) is 63.8 Å². The van der Waals surface area contributed by atoms with Gasteiger partial charge in [-0.15, -0.1) is 0 Å². The Kier molecular flexibility index (Phi) is 2.37. The number of benzene rings is 1. The van der Waals surface area contributed by atoms with Gasteiger partial charge in [0.15, 0.2) is 0 Å². The maximum absolute atomic E-state index is 5.38. The third kappa shape index (κ3) is 1.76. The Hall–Kier alpha value is -1.20. The zero-order chi connectivity index (χ0) is 9.10. The fourth-order valence-corrected chi connectivity index (χ4v) is 1.63. The van der Waals surface area contributed by atoms with Gasteiger partial charge in [-0.05, 0) is 18.2 Å². The van der Waals surface area contributed by atoms with Gasteiger partial charge < -0.3 is 11.1 Å². The van der Waals surface area contributed by atoms with E-state index in [1.165, 1.54) is 11.7 Å². The van der Waals surface area contributed by atoms with Crippen LogP contribution in [0, 0.1) is 0 Å². The highest BCUT2D eigenvalue weighted by Gasteiger charge is 1.98. The van der Waals surface area contributed by atoms with E-state index in [0.717, 1.165) is 23.3 Å². The van der Waals surface area contributed by atoms with Crippen molar-refractivity contribution in [3.63, 3.8) is 0 Å². The van der Waals surface area contributed by atoms with Crippen LogP contribution in [-0.4, -0.2) is 21.8 Å². The molecular formula is C8H10N4S. The van der Waals surface area contributed by atoms with Gasteiger partial charge in [0.25, 0.3) is 0 Å². The summed E-state index contributed by atoms with van der Waals surface area (Å²) in [5, 5.41) is 3.19. The van der Waals surface area contributed by atoms with Crippen LogP contribution in [-0.2, 0) is 0 Å². The lowest BCUT2D eigenvalue weighted by Crippen LogP contribution is -2.12. The van der Waals surface area contributed by atoms with Crippen molar-refractivity contribution in [2.45, 2.75) is 0 Å². The molecule has 0 amide bonds. The summed E-state index contributed by atoms with van der Waals surface area (Å²) in [6, 6.07) is 5.92. The van der Waals surface area contributed by atoms with Gasteiger partial charge in [-0.1, -0.05) is 0 Å². The van der Waals surface area contributed by atoms with Gasteiger partial charge in [0.1, 0.15) is 11.0 Å². The van der Waals surface area contributed by atoms with Crippen molar-refractivity contribution < 1.29 is 0 Å². The molecule has 1 aromatic carbocycles. The highest BCUT2D eigenvalue weighted by Crippen LogP contribution is 2.16. The van der Waals surface area contributed by atoms with Crippen LogP contribution in [0.2, 0.25) is 0 Å². The average Bonchev–Trinajstić information content (AvgIpc) is 2.61. The smallest absolute Gasteiger partial charge is 0.106 e. The zero-order valence-electron chi connectivity index (χ0n) is 7.03. The lowest BCUT2D eigenvalue weighted by Gasteiger charge is -2.02. The van der Waals surface area contributed by atoms with Gasteiger partial charge in [0, 0.05) is 18.8 Å². The molecule has 0 spiro atoms. The fraction of sp³-hybridized carbons (Fsp3) is 0.250. The van der Waals surface area contributed by atoms with Crippen molar-refractivity contribution in [1.82, 2.24) is 8.75 Å². The molecule has 2 aromatic rings. The lowest BCUT2D eigenvalue weighted by atomic mass is 10.3. The van der Waals surface area contributed by atoms with E-state index in [0.29, 0.717) is 6.54 Å². The molecule has 5 heteroatoms. The lowest BCUT2D eigenvalue weighted by molar-refractivity contribution is 1.02. The predicted octanol–water partition coefficient (Wildman–Crippen LogP) is 1.06. The summed E-state index contributed by atoms with van der Waals surface area (Å²) in [6.07, 6.45) is 0. The van der Waals surface area contributed by atoms with Gasteiger partial charge in [-0.3, -0.25) is 0 Å². The minimum atomic E-state index is 0.632. The molecule has 1 aromatic heterocycles. The summed E-state index contributed by atoms with van der Waals surface area (Å²) in [4.78, 5) is 0. The Morgan fingerprint density at radius 1 is 1.31 bits per heavy atom. The van der Waals surface area contributed by atoms with Crippen LogP contribution in [0.3, 0.4) is 0 Å². The Balaban J connectivity index is 2.26. The standard InChI is InChI=1S/C8H10N4S/c9-3-4-10-6-1-2-7-8(5-6)12-13-11-7/h1-2,5,10H,3-4,9H2. The van der Waals surface area contributed by atoms with Gasteiger partial charge >= 0.3 is 0 Å². The van der Waals surface area contributed by atoms with Crippen LogP contribution in [0.1, 0.15) is 0 Å². The van der Waals surface area contributed by atoms with Crippen molar-refractivity contribution in [2.75, 3.05) is 18.4 Å². The molecular weight excluding hydrogens is 184 g/mol. The van der Waals surface area contributed by atoms with E-state index in [2.05, 4.69) is 14.1 Å². The number of aromatic nitrogens is 2. The second-order valence-electron chi connectivity index (χ2n) is 2.68. The quantitative estimate of drug-likeness (QED) is 0.767. The molecule has 68 valence electrons. The predicted molar refractivity (Wildman–Crippen MR) is 55.0 cm³/mol. The molecule has 1 heterocycles. The maximum atomic E-state index is 5.38. The summed E-state index contributed by atoms with van der Waals surface area (Å²) in [5.41, 5.74) is 8.31. The van der Waals surface area contributed by atoms with Crippen molar-refractivity contribution in [3.8, 4) is 0 Å². The second-order valence-corrected chi connectivity index (χ2v) is 3.21. The van der Waals surface area contributed by atoms with E-state index in [9.17, 15) is 0 Å².